The number of nitrogens with zero attached hydrogens (tertiary/aromatic N) is 2. The van der Waals surface area contributed by atoms with Gasteiger partial charge in [-0.3, -0.25) is 9.97 Å². The van der Waals surface area contributed by atoms with Crippen LogP contribution in [0.15, 0.2) is 18.6 Å². The number of aliphatic hydroxyl groups is 1. The third-order valence-electron chi connectivity index (χ3n) is 2.37. The van der Waals surface area contributed by atoms with Gasteiger partial charge in [0.25, 0.3) is 0 Å². The van der Waals surface area contributed by atoms with Crippen LogP contribution in [-0.4, -0.2) is 15.1 Å². The van der Waals surface area contributed by atoms with Crippen molar-refractivity contribution in [2.75, 3.05) is 0 Å². The Hall–Kier alpha value is -0.960. The van der Waals surface area contributed by atoms with Crippen LogP contribution in [0.3, 0.4) is 0 Å². The van der Waals surface area contributed by atoms with Crippen LogP contribution < -0.4 is 0 Å². The molecule has 1 aromatic rings. The molecule has 3 heteroatoms. The van der Waals surface area contributed by atoms with E-state index in [2.05, 4.69) is 23.8 Å². The molecule has 1 aromatic heterocycles. The lowest BCUT2D eigenvalue weighted by molar-refractivity contribution is 0.0124. The molecule has 1 heterocycles. The smallest absolute Gasteiger partial charge is 0.108 e. The van der Waals surface area contributed by atoms with Gasteiger partial charge in [-0.25, -0.2) is 0 Å². The summed E-state index contributed by atoms with van der Waals surface area (Å²) < 4.78 is 0. The van der Waals surface area contributed by atoms with Crippen molar-refractivity contribution in [3.05, 3.63) is 24.3 Å². The van der Waals surface area contributed by atoms with Gasteiger partial charge in [0.2, 0.25) is 0 Å². The molecule has 1 rings (SSSR count). The van der Waals surface area contributed by atoms with Gasteiger partial charge in [0.05, 0.1) is 11.9 Å². The Morgan fingerprint density at radius 3 is 2.29 bits per heavy atom. The molecule has 0 saturated carbocycles. The van der Waals surface area contributed by atoms with E-state index in [9.17, 15) is 5.11 Å². The Bertz CT molecular complexity index is 255. The molecule has 0 aliphatic rings. The number of hydrogen-bond donors (Lipinski definition) is 1. The van der Waals surface area contributed by atoms with Gasteiger partial charge in [0.15, 0.2) is 0 Å². The first-order valence-corrected chi connectivity index (χ1v) is 5.22. The zero-order chi connectivity index (χ0) is 10.4. The summed E-state index contributed by atoms with van der Waals surface area (Å²) in [4.78, 5) is 8.17. The maximum absolute atomic E-state index is 10.4. The van der Waals surface area contributed by atoms with Crippen molar-refractivity contribution < 1.29 is 5.11 Å². The van der Waals surface area contributed by atoms with Gasteiger partial charge in [0, 0.05) is 12.4 Å². The largest absolute Gasteiger partial charge is 0.383 e. The summed E-state index contributed by atoms with van der Waals surface area (Å²) in [5.41, 5.74) is -0.0821. The maximum Gasteiger partial charge on any atom is 0.108 e. The molecule has 0 spiro atoms. The zero-order valence-electron chi connectivity index (χ0n) is 8.90. The van der Waals surface area contributed by atoms with Crippen LogP contribution in [-0.2, 0) is 5.60 Å². The lowest BCUT2D eigenvalue weighted by atomic mass is 9.89. The summed E-state index contributed by atoms with van der Waals surface area (Å²) in [6.07, 6.45) is 8.32. The molecule has 14 heavy (non-hydrogen) atoms. The van der Waals surface area contributed by atoms with Crippen molar-refractivity contribution in [3.8, 4) is 0 Å². The van der Waals surface area contributed by atoms with Gasteiger partial charge in [0.1, 0.15) is 5.60 Å². The average molecular weight is 194 g/mol. The van der Waals surface area contributed by atoms with Gasteiger partial charge in [-0.2, -0.15) is 0 Å². The summed E-state index contributed by atoms with van der Waals surface area (Å²) in [5, 5.41) is 10.4. The Balaban J connectivity index is 2.87. The van der Waals surface area contributed by atoms with Crippen molar-refractivity contribution in [2.45, 2.75) is 45.1 Å². The molecular formula is C11H18N2O. The van der Waals surface area contributed by atoms with Crippen molar-refractivity contribution in [2.24, 2.45) is 0 Å². The lowest BCUT2D eigenvalue weighted by Crippen LogP contribution is -2.26. The van der Waals surface area contributed by atoms with E-state index in [1.165, 1.54) is 0 Å². The second-order valence-corrected chi connectivity index (χ2v) is 3.62. The van der Waals surface area contributed by atoms with Crippen LogP contribution >= 0.6 is 0 Å². The summed E-state index contributed by atoms with van der Waals surface area (Å²) >= 11 is 0. The Labute approximate surface area is 85.2 Å². The standard InChI is InChI=1S/C11H18N2O/c1-3-5-11(14,6-4-2)10-9-12-7-8-13-10/h7-9,14H,3-6H2,1-2H3. The molecule has 0 bridgehead atoms. The predicted molar refractivity (Wildman–Crippen MR) is 55.7 cm³/mol. The summed E-state index contributed by atoms with van der Waals surface area (Å²) in [5.74, 6) is 0. The fourth-order valence-corrected chi connectivity index (χ4v) is 1.75. The first-order valence-electron chi connectivity index (χ1n) is 5.22. The molecule has 0 aromatic carbocycles. The van der Waals surface area contributed by atoms with Crippen molar-refractivity contribution in [3.63, 3.8) is 0 Å². The van der Waals surface area contributed by atoms with Crippen LogP contribution in [0.4, 0.5) is 0 Å². The van der Waals surface area contributed by atoms with Gasteiger partial charge >= 0.3 is 0 Å². The Morgan fingerprint density at radius 1 is 1.21 bits per heavy atom. The van der Waals surface area contributed by atoms with E-state index < -0.39 is 5.60 Å². The highest BCUT2D eigenvalue weighted by Crippen LogP contribution is 2.29. The van der Waals surface area contributed by atoms with E-state index in [0.717, 1.165) is 25.7 Å². The number of aromatic nitrogens is 2. The number of rotatable bonds is 5. The van der Waals surface area contributed by atoms with Crippen LogP contribution in [0, 0.1) is 0 Å². The van der Waals surface area contributed by atoms with E-state index in [1.54, 1.807) is 18.6 Å². The molecule has 0 atom stereocenters. The molecule has 0 unspecified atom stereocenters. The second kappa shape index (κ2) is 5.05. The van der Waals surface area contributed by atoms with Crippen molar-refractivity contribution in [1.29, 1.82) is 0 Å². The summed E-state index contributed by atoms with van der Waals surface area (Å²) in [6, 6.07) is 0. The van der Waals surface area contributed by atoms with Crippen molar-refractivity contribution >= 4 is 0 Å². The fraction of sp³-hybridized carbons (Fsp3) is 0.636. The highest BCUT2D eigenvalue weighted by Gasteiger charge is 2.28. The zero-order valence-corrected chi connectivity index (χ0v) is 8.90. The van der Waals surface area contributed by atoms with Crippen LogP contribution in [0.25, 0.3) is 0 Å². The quantitative estimate of drug-likeness (QED) is 0.782. The average Bonchev–Trinajstić information content (AvgIpc) is 2.20. The molecular weight excluding hydrogens is 176 g/mol. The SMILES string of the molecule is CCCC(O)(CCC)c1cnccn1. The molecule has 78 valence electrons. The highest BCUT2D eigenvalue weighted by atomic mass is 16.3. The van der Waals surface area contributed by atoms with E-state index in [0.29, 0.717) is 5.69 Å². The maximum atomic E-state index is 10.4. The summed E-state index contributed by atoms with van der Waals surface area (Å²) in [6.45, 7) is 4.13. The first kappa shape index (κ1) is 11.1. The first-order chi connectivity index (χ1) is 6.73. The van der Waals surface area contributed by atoms with Crippen LogP contribution in [0.2, 0.25) is 0 Å². The van der Waals surface area contributed by atoms with Crippen LogP contribution in [0.5, 0.6) is 0 Å². The molecule has 0 aliphatic carbocycles. The molecule has 0 amide bonds. The molecule has 0 saturated heterocycles. The predicted octanol–water partition coefficient (Wildman–Crippen LogP) is 2.26. The third-order valence-corrected chi connectivity index (χ3v) is 2.37. The minimum Gasteiger partial charge on any atom is -0.383 e. The molecule has 1 N–H and O–H groups in total. The Kier molecular flexibility index (Phi) is 4.01. The normalized spacial score (nSPS) is 11.6. The molecule has 0 fully saturated rings. The van der Waals surface area contributed by atoms with Gasteiger partial charge in [-0.1, -0.05) is 26.7 Å². The van der Waals surface area contributed by atoms with Crippen molar-refractivity contribution in [1.82, 2.24) is 9.97 Å². The lowest BCUT2D eigenvalue weighted by Gasteiger charge is -2.26. The minimum absolute atomic E-state index is 0.698. The van der Waals surface area contributed by atoms with Gasteiger partial charge in [-0.15, -0.1) is 0 Å². The summed E-state index contributed by atoms with van der Waals surface area (Å²) in [7, 11) is 0. The van der Waals surface area contributed by atoms with E-state index >= 15 is 0 Å². The number of hydrogen-bond acceptors (Lipinski definition) is 3. The topological polar surface area (TPSA) is 46.0 Å². The second-order valence-electron chi connectivity index (χ2n) is 3.62. The van der Waals surface area contributed by atoms with E-state index in [4.69, 9.17) is 0 Å². The monoisotopic (exact) mass is 194 g/mol. The minimum atomic E-state index is -0.780. The Morgan fingerprint density at radius 2 is 1.86 bits per heavy atom. The third kappa shape index (κ3) is 2.51. The molecule has 0 radical (unpaired) electrons. The highest BCUT2D eigenvalue weighted by molar-refractivity contribution is 5.07. The van der Waals surface area contributed by atoms with Gasteiger partial charge < -0.3 is 5.11 Å². The van der Waals surface area contributed by atoms with Gasteiger partial charge in [-0.05, 0) is 12.8 Å². The van der Waals surface area contributed by atoms with E-state index in [1.807, 2.05) is 0 Å². The fourth-order valence-electron chi connectivity index (χ4n) is 1.75. The molecule has 0 aliphatic heterocycles. The van der Waals surface area contributed by atoms with E-state index in [-0.39, 0.29) is 0 Å². The van der Waals surface area contributed by atoms with Crippen LogP contribution in [0.1, 0.15) is 45.2 Å². The molecule has 3 nitrogen and oxygen atoms in total.